The van der Waals surface area contributed by atoms with Gasteiger partial charge in [0.25, 0.3) is 11.1 Å². The highest BCUT2D eigenvalue weighted by Crippen LogP contribution is 2.31. The molecule has 1 heterocycles. The fourth-order valence-electron chi connectivity index (χ4n) is 2.55. The van der Waals surface area contributed by atoms with Gasteiger partial charge in [0, 0.05) is 13.1 Å². The van der Waals surface area contributed by atoms with Gasteiger partial charge in [-0.1, -0.05) is 42.5 Å². The molecule has 138 valence electrons. The molecule has 3 amide bonds. The lowest BCUT2D eigenvalue weighted by Gasteiger charge is -2.13. The van der Waals surface area contributed by atoms with E-state index in [2.05, 4.69) is 5.32 Å². The maximum Gasteiger partial charge on any atom is 0.293 e. The fraction of sp³-hybridized carbons (Fsp3) is 0.150. The Balaban J connectivity index is 1.53. The molecular weight excluding hydrogens is 367 g/mol. The van der Waals surface area contributed by atoms with Gasteiger partial charge in [0.15, 0.2) is 0 Å². The van der Waals surface area contributed by atoms with Gasteiger partial charge in [-0.15, -0.1) is 0 Å². The molecule has 0 bridgehead atoms. The van der Waals surface area contributed by atoms with Gasteiger partial charge < -0.3 is 5.32 Å². The number of amides is 3. The molecule has 1 saturated heterocycles. The third-order valence-corrected chi connectivity index (χ3v) is 4.81. The normalized spacial score (nSPS) is 15.4. The zero-order valence-electron chi connectivity index (χ0n) is 14.4. The summed E-state index contributed by atoms with van der Waals surface area (Å²) in [6.07, 6.45) is 1.80. The molecule has 0 radical (unpaired) electrons. The molecule has 0 unspecified atom stereocenters. The number of imide groups is 1. The Kier molecular flexibility index (Phi) is 6.03. The van der Waals surface area contributed by atoms with Crippen molar-refractivity contribution in [2.45, 2.75) is 6.42 Å². The van der Waals surface area contributed by atoms with E-state index in [4.69, 9.17) is 0 Å². The van der Waals surface area contributed by atoms with Crippen molar-refractivity contribution < 1.29 is 18.8 Å². The molecule has 0 spiro atoms. The van der Waals surface area contributed by atoms with Crippen molar-refractivity contribution in [3.05, 3.63) is 76.4 Å². The molecule has 3 rings (SSSR count). The summed E-state index contributed by atoms with van der Waals surface area (Å²) in [5.74, 6) is -0.951. The summed E-state index contributed by atoms with van der Waals surface area (Å²) in [6.45, 7) is 0.291. The Morgan fingerprint density at radius 3 is 2.48 bits per heavy atom. The number of halogens is 1. The molecule has 2 aromatic carbocycles. The van der Waals surface area contributed by atoms with Crippen molar-refractivity contribution in [1.29, 1.82) is 0 Å². The molecule has 27 heavy (non-hydrogen) atoms. The van der Waals surface area contributed by atoms with Gasteiger partial charge in [-0.05, 0) is 41.1 Å². The Hall–Kier alpha value is -2.93. The van der Waals surface area contributed by atoms with E-state index < -0.39 is 5.91 Å². The lowest BCUT2D eigenvalue weighted by Crippen LogP contribution is -2.37. The molecule has 0 aliphatic carbocycles. The summed E-state index contributed by atoms with van der Waals surface area (Å²) >= 11 is 0.834. The number of nitrogens with zero attached hydrogens (tertiary/aromatic N) is 1. The summed E-state index contributed by atoms with van der Waals surface area (Å²) in [5.41, 5.74) is 1.53. The molecule has 0 saturated carbocycles. The van der Waals surface area contributed by atoms with E-state index in [1.165, 1.54) is 24.3 Å². The molecule has 1 N–H and O–H groups in total. The zero-order valence-corrected chi connectivity index (χ0v) is 15.2. The standard InChI is InChI=1S/C20H17FN2O3S/c21-16-8-6-15(7-9-16)12-17-19(25)23(20(26)27-17)11-10-22-18(24)13-14-4-2-1-3-5-14/h1-9,12H,10-11,13H2,(H,22,24)/b17-12-. The number of hydrogen-bond donors (Lipinski definition) is 1. The van der Waals surface area contributed by atoms with E-state index in [9.17, 15) is 18.8 Å². The molecule has 0 aromatic heterocycles. The highest BCUT2D eigenvalue weighted by atomic mass is 32.2. The average Bonchev–Trinajstić information content (AvgIpc) is 2.92. The van der Waals surface area contributed by atoms with Crippen LogP contribution in [0.2, 0.25) is 0 Å². The predicted molar refractivity (Wildman–Crippen MR) is 102 cm³/mol. The molecule has 5 nitrogen and oxygen atoms in total. The van der Waals surface area contributed by atoms with Crippen molar-refractivity contribution in [2.75, 3.05) is 13.1 Å². The molecule has 0 atom stereocenters. The van der Waals surface area contributed by atoms with E-state index in [0.717, 1.165) is 22.2 Å². The second-order valence-corrected chi connectivity index (χ2v) is 6.89. The lowest BCUT2D eigenvalue weighted by molar-refractivity contribution is -0.124. The first-order chi connectivity index (χ1) is 13.0. The first-order valence-electron chi connectivity index (χ1n) is 8.34. The number of thioether (sulfide) groups is 1. The van der Waals surface area contributed by atoms with Crippen molar-refractivity contribution in [3.63, 3.8) is 0 Å². The van der Waals surface area contributed by atoms with Crippen LogP contribution >= 0.6 is 11.8 Å². The second kappa shape index (κ2) is 8.64. The minimum atomic E-state index is -0.411. The number of nitrogens with one attached hydrogen (secondary N) is 1. The van der Waals surface area contributed by atoms with Crippen LogP contribution in [0.25, 0.3) is 6.08 Å². The summed E-state index contributed by atoms with van der Waals surface area (Å²) in [5, 5.41) is 2.33. The van der Waals surface area contributed by atoms with Crippen LogP contribution in [-0.2, 0) is 16.0 Å². The van der Waals surface area contributed by atoms with Crippen molar-refractivity contribution >= 4 is 34.9 Å². The van der Waals surface area contributed by atoms with Gasteiger partial charge in [0.1, 0.15) is 5.82 Å². The summed E-state index contributed by atoms with van der Waals surface area (Å²) in [4.78, 5) is 37.8. The third-order valence-electron chi connectivity index (χ3n) is 3.91. The van der Waals surface area contributed by atoms with Crippen LogP contribution < -0.4 is 5.32 Å². The van der Waals surface area contributed by atoms with Crippen LogP contribution in [0.3, 0.4) is 0 Å². The zero-order chi connectivity index (χ0) is 19.2. The van der Waals surface area contributed by atoms with Crippen LogP contribution in [0, 0.1) is 5.82 Å². The van der Waals surface area contributed by atoms with Crippen LogP contribution in [-0.4, -0.2) is 35.0 Å². The number of rotatable bonds is 6. The third kappa shape index (κ3) is 5.04. The van der Waals surface area contributed by atoms with Gasteiger partial charge in [0.05, 0.1) is 11.3 Å². The first kappa shape index (κ1) is 18.8. The largest absolute Gasteiger partial charge is 0.354 e. The van der Waals surface area contributed by atoms with Crippen molar-refractivity contribution in [2.24, 2.45) is 0 Å². The minimum Gasteiger partial charge on any atom is -0.354 e. The van der Waals surface area contributed by atoms with Gasteiger partial charge in [-0.25, -0.2) is 4.39 Å². The Labute approximate surface area is 160 Å². The maximum atomic E-state index is 13.0. The molecule has 1 fully saturated rings. The number of carbonyl (C=O) groups excluding carboxylic acids is 3. The van der Waals surface area contributed by atoms with Gasteiger partial charge in [0.2, 0.25) is 5.91 Å². The van der Waals surface area contributed by atoms with Crippen molar-refractivity contribution in [1.82, 2.24) is 10.2 Å². The van der Waals surface area contributed by atoms with E-state index >= 15 is 0 Å². The Morgan fingerprint density at radius 1 is 1.07 bits per heavy atom. The predicted octanol–water partition coefficient (Wildman–Crippen LogP) is 3.22. The highest BCUT2D eigenvalue weighted by Gasteiger charge is 2.34. The molecule has 7 heteroatoms. The summed E-state index contributed by atoms with van der Waals surface area (Å²) < 4.78 is 13.0. The topological polar surface area (TPSA) is 66.5 Å². The lowest BCUT2D eigenvalue weighted by atomic mass is 10.1. The SMILES string of the molecule is O=C(Cc1ccccc1)NCCN1C(=O)S/C(=C\c2ccc(F)cc2)C1=O. The van der Waals surface area contributed by atoms with Gasteiger partial charge in [-0.2, -0.15) is 0 Å². The molecule has 1 aliphatic rings. The quantitative estimate of drug-likeness (QED) is 0.777. The first-order valence-corrected chi connectivity index (χ1v) is 9.16. The summed E-state index contributed by atoms with van der Waals surface area (Å²) in [6, 6.07) is 15.0. The molecule has 2 aromatic rings. The van der Waals surface area contributed by atoms with Crippen LogP contribution in [0.4, 0.5) is 9.18 Å². The number of carbonyl (C=O) groups is 3. The fourth-order valence-corrected chi connectivity index (χ4v) is 3.42. The minimum absolute atomic E-state index is 0.103. The van der Waals surface area contributed by atoms with E-state index in [-0.39, 0.29) is 41.4 Å². The summed E-state index contributed by atoms with van der Waals surface area (Å²) in [7, 11) is 0. The Morgan fingerprint density at radius 2 is 1.78 bits per heavy atom. The monoisotopic (exact) mass is 384 g/mol. The van der Waals surface area contributed by atoms with Gasteiger partial charge >= 0.3 is 0 Å². The van der Waals surface area contributed by atoms with Crippen LogP contribution in [0.5, 0.6) is 0 Å². The average molecular weight is 384 g/mol. The van der Waals surface area contributed by atoms with E-state index in [1.807, 2.05) is 30.3 Å². The smallest absolute Gasteiger partial charge is 0.293 e. The highest BCUT2D eigenvalue weighted by molar-refractivity contribution is 8.18. The van der Waals surface area contributed by atoms with Crippen molar-refractivity contribution in [3.8, 4) is 0 Å². The molecular formula is C20H17FN2O3S. The molecule has 1 aliphatic heterocycles. The van der Waals surface area contributed by atoms with E-state index in [0.29, 0.717) is 5.56 Å². The van der Waals surface area contributed by atoms with Crippen LogP contribution in [0.1, 0.15) is 11.1 Å². The number of hydrogen-bond acceptors (Lipinski definition) is 4. The second-order valence-electron chi connectivity index (χ2n) is 5.90. The maximum absolute atomic E-state index is 13.0. The Bertz CT molecular complexity index is 882. The van der Waals surface area contributed by atoms with Gasteiger partial charge in [-0.3, -0.25) is 19.3 Å². The van der Waals surface area contributed by atoms with E-state index in [1.54, 1.807) is 6.08 Å². The van der Waals surface area contributed by atoms with Crippen LogP contribution in [0.15, 0.2) is 59.5 Å². The number of benzene rings is 2.